The van der Waals surface area contributed by atoms with Crippen LogP contribution < -0.4 is 0 Å². The number of hydrogen-bond acceptors (Lipinski definition) is 1. The lowest BCUT2D eigenvalue weighted by Gasteiger charge is -2.30. The number of hydrogen-bond donors (Lipinski definition) is 0. The lowest BCUT2D eigenvalue weighted by Crippen LogP contribution is -2.25. The smallest absolute Gasteiger partial charge is 0.159 e. The van der Waals surface area contributed by atoms with Crippen LogP contribution in [0.2, 0.25) is 0 Å². The quantitative estimate of drug-likeness (QED) is 0.0906. The molecule has 3 aliphatic carbocycles. The molecule has 0 saturated heterocycles. The van der Waals surface area contributed by atoms with Gasteiger partial charge in [0.1, 0.15) is 0 Å². The molecule has 9 aromatic carbocycles. The number of fused-ring (bicyclic) bond motifs is 16. The van der Waals surface area contributed by atoms with Gasteiger partial charge in [-0.3, -0.25) is 0 Å². The third-order valence-corrected chi connectivity index (χ3v) is 14.5. The number of rotatable bonds is 6. The molecule has 2 nitrogen and oxygen atoms in total. The normalized spacial score (nSPS) is 16.0. The maximum atomic E-state index is 5.59. The summed E-state index contributed by atoms with van der Waals surface area (Å²) in [5, 5.41) is 5.19. The van der Waals surface area contributed by atoms with Crippen LogP contribution in [-0.4, -0.2) is 11.5 Å². The molecule has 1 spiro atoms. The molecule has 0 bridgehead atoms. The highest BCUT2D eigenvalue weighted by molar-refractivity contribution is 6.17. The molecule has 310 valence electrons. The number of allylic oxidation sites excluding steroid dienone is 2. The Morgan fingerprint density at radius 1 is 0.508 bits per heavy atom. The van der Waals surface area contributed by atoms with Gasteiger partial charge in [0, 0.05) is 22.9 Å². The summed E-state index contributed by atoms with van der Waals surface area (Å²) in [7, 11) is 0. The van der Waals surface area contributed by atoms with Crippen LogP contribution >= 0.6 is 0 Å². The number of benzene rings is 9. The van der Waals surface area contributed by atoms with Gasteiger partial charge in [0.15, 0.2) is 5.84 Å². The van der Waals surface area contributed by atoms with Crippen molar-refractivity contribution in [3.63, 3.8) is 0 Å². The zero-order chi connectivity index (χ0) is 43.6. The first-order valence-electron chi connectivity index (χ1n) is 23.1. The van der Waals surface area contributed by atoms with Crippen molar-refractivity contribution in [3.8, 4) is 33.4 Å². The van der Waals surface area contributed by atoms with Crippen LogP contribution in [0.25, 0.3) is 61.0 Å². The van der Waals surface area contributed by atoms with Crippen molar-refractivity contribution < 1.29 is 0 Å². The number of amidine groups is 1. The maximum Gasteiger partial charge on any atom is 0.159 e. The van der Waals surface area contributed by atoms with Gasteiger partial charge < -0.3 is 0 Å². The molecule has 0 heterocycles. The number of nitrogens with zero attached hydrogens (tertiary/aromatic N) is 2. The second-order valence-corrected chi connectivity index (χ2v) is 17.9. The highest BCUT2D eigenvalue weighted by atomic mass is 14.9. The van der Waals surface area contributed by atoms with Crippen molar-refractivity contribution in [1.29, 1.82) is 0 Å². The zero-order valence-corrected chi connectivity index (χ0v) is 37.0. The van der Waals surface area contributed by atoms with E-state index in [-0.39, 0.29) is 11.3 Å². The van der Waals surface area contributed by atoms with Gasteiger partial charge in [-0.15, -0.1) is 0 Å². The molecular weight excluding hydrogens is 785 g/mol. The van der Waals surface area contributed by atoms with E-state index in [0.29, 0.717) is 0 Å². The van der Waals surface area contributed by atoms with Crippen molar-refractivity contribution in [2.24, 2.45) is 15.9 Å². The van der Waals surface area contributed by atoms with Crippen LogP contribution in [0, 0.1) is 5.92 Å². The fourth-order valence-electron chi connectivity index (χ4n) is 11.4. The van der Waals surface area contributed by atoms with Crippen molar-refractivity contribution in [3.05, 3.63) is 256 Å². The van der Waals surface area contributed by atoms with Crippen molar-refractivity contribution in [2.75, 3.05) is 0 Å². The Balaban J connectivity index is 1.04. The van der Waals surface area contributed by atoms with E-state index in [0.717, 1.165) is 41.2 Å². The van der Waals surface area contributed by atoms with E-state index in [4.69, 9.17) is 9.98 Å². The summed E-state index contributed by atoms with van der Waals surface area (Å²) in [6.45, 7) is 6.58. The minimum absolute atomic E-state index is 0.0556. The van der Waals surface area contributed by atoms with Gasteiger partial charge in [0.2, 0.25) is 0 Å². The van der Waals surface area contributed by atoms with Gasteiger partial charge in [-0.25, -0.2) is 9.98 Å². The predicted octanol–water partition coefficient (Wildman–Crippen LogP) is 15.8. The molecule has 0 aromatic heterocycles. The standard InChI is InChI=1S/C63H48N2/c1-4-40(2)61(65-62(43-22-9-6-10-23-43)64-41(3)42-20-7-5-8-21-42)45-34-36-49-47-24-11-12-25-48(47)53-30-19-29-46(60(53)55(49)39-45)44-35-37-59-54(38-44)52-28-15-18-33-58(52)63(59)56-31-16-13-26-50(56)51-27-14-17-32-57(51)63/h5-38,45H,4,39H2,1-3H3/b61-40+,64-41?,65-62?. The molecule has 9 aromatic rings. The van der Waals surface area contributed by atoms with Crippen LogP contribution in [0.15, 0.2) is 221 Å². The average Bonchev–Trinajstić information content (AvgIpc) is 3.84. The van der Waals surface area contributed by atoms with Gasteiger partial charge in [-0.1, -0.05) is 213 Å². The predicted molar refractivity (Wildman–Crippen MR) is 274 cm³/mol. The summed E-state index contributed by atoms with van der Waals surface area (Å²) in [5.41, 5.74) is 21.0. The molecule has 65 heavy (non-hydrogen) atoms. The van der Waals surface area contributed by atoms with Gasteiger partial charge >= 0.3 is 0 Å². The lowest BCUT2D eigenvalue weighted by molar-refractivity contribution is 0.724. The Labute approximate surface area is 381 Å². The van der Waals surface area contributed by atoms with Crippen LogP contribution in [0.1, 0.15) is 71.7 Å². The molecule has 0 N–H and O–H groups in total. The average molecular weight is 833 g/mol. The van der Waals surface area contributed by atoms with Gasteiger partial charge in [0.05, 0.1) is 5.41 Å². The van der Waals surface area contributed by atoms with E-state index in [1.165, 1.54) is 93.9 Å². The second kappa shape index (κ2) is 15.5. The Kier molecular flexibility index (Phi) is 9.31. The summed E-state index contributed by atoms with van der Waals surface area (Å²) in [6, 6.07) is 71.4. The van der Waals surface area contributed by atoms with Crippen molar-refractivity contribution in [1.82, 2.24) is 0 Å². The van der Waals surface area contributed by atoms with Gasteiger partial charge in [-0.05, 0) is 127 Å². The van der Waals surface area contributed by atoms with Gasteiger partial charge in [0.25, 0.3) is 0 Å². The van der Waals surface area contributed by atoms with E-state index < -0.39 is 0 Å². The Bertz CT molecular complexity index is 3470. The van der Waals surface area contributed by atoms with Crippen LogP contribution in [0.3, 0.4) is 0 Å². The third-order valence-electron chi connectivity index (χ3n) is 14.5. The molecule has 3 aliphatic rings. The van der Waals surface area contributed by atoms with Gasteiger partial charge in [-0.2, -0.15) is 0 Å². The van der Waals surface area contributed by atoms with E-state index in [1.807, 2.05) is 6.07 Å². The second-order valence-electron chi connectivity index (χ2n) is 17.9. The molecule has 1 unspecified atom stereocenters. The molecule has 2 heteroatoms. The molecule has 12 rings (SSSR count). The molecule has 0 radical (unpaired) electrons. The first-order valence-corrected chi connectivity index (χ1v) is 23.1. The first kappa shape index (κ1) is 39.0. The largest absolute Gasteiger partial charge is 0.233 e. The Morgan fingerprint density at radius 3 is 1.71 bits per heavy atom. The molecule has 0 saturated carbocycles. The van der Waals surface area contributed by atoms with Crippen LogP contribution in [0.4, 0.5) is 0 Å². The minimum atomic E-state index is -0.369. The van der Waals surface area contributed by atoms with Crippen molar-refractivity contribution in [2.45, 2.75) is 39.0 Å². The molecule has 1 atom stereocenters. The molecule has 0 amide bonds. The highest BCUT2D eigenvalue weighted by Crippen LogP contribution is 2.63. The summed E-state index contributed by atoms with van der Waals surface area (Å²) >= 11 is 0. The molecule has 0 fully saturated rings. The van der Waals surface area contributed by atoms with E-state index in [2.05, 4.69) is 221 Å². The van der Waals surface area contributed by atoms with Crippen molar-refractivity contribution >= 4 is 39.2 Å². The fraction of sp³-hybridized carbons (Fsp3) is 0.111. The van der Waals surface area contributed by atoms with E-state index in [1.54, 1.807) is 0 Å². The lowest BCUT2D eigenvalue weighted by atomic mass is 9.70. The maximum absolute atomic E-state index is 5.59. The molecular formula is C63H48N2. The first-order chi connectivity index (χ1) is 32.0. The van der Waals surface area contributed by atoms with Crippen LogP contribution in [0.5, 0.6) is 0 Å². The molecule has 0 aliphatic heterocycles. The van der Waals surface area contributed by atoms with E-state index >= 15 is 0 Å². The van der Waals surface area contributed by atoms with E-state index in [9.17, 15) is 0 Å². The Hall–Kier alpha value is -7.68. The number of aliphatic imine (C=N–C) groups is 2. The van der Waals surface area contributed by atoms with Crippen LogP contribution in [-0.2, 0) is 11.8 Å². The monoisotopic (exact) mass is 832 g/mol. The zero-order valence-electron chi connectivity index (χ0n) is 37.0. The highest BCUT2D eigenvalue weighted by Gasteiger charge is 2.51. The fourth-order valence-corrected chi connectivity index (χ4v) is 11.4. The summed E-state index contributed by atoms with van der Waals surface area (Å²) in [5.74, 6) is 0.793. The minimum Gasteiger partial charge on any atom is -0.233 e. The SMILES string of the molecule is CC/C(C)=C(/N=C(N=C(C)c1ccccc1)c1ccccc1)C1C=Cc2c(c3c(-c4ccc5c(c4)-c4ccccc4C54c5ccccc5-c5ccccc54)cccc3c3ccccc23)C1. The topological polar surface area (TPSA) is 24.7 Å². The summed E-state index contributed by atoms with van der Waals surface area (Å²) in [6.07, 6.45) is 6.52. The third kappa shape index (κ3) is 6.01. The Morgan fingerprint density at radius 2 is 1.05 bits per heavy atom. The summed E-state index contributed by atoms with van der Waals surface area (Å²) < 4.78 is 0. The summed E-state index contributed by atoms with van der Waals surface area (Å²) in [4.78, 5) is 10.8.